The van der Waals surface area contributed by atoms with Crippen molar-refractivity contribution in [3.8, 4) is 0 Å². The highest BCUT2D eigenvalue weighted by Crippen LogP contribution is 2.53. The van der Waals surface area contributed by atoms with Crippen molar-refractivity contribution in [3.05, 3.63) is 0 Å². The molecule has 0 spiro atoms. The normalized spacial score (nSPS) is 39.7. The molecule has 140 valence electrons. The van der Waals surface area contributed by atoms with Gasteiger partial charge in [-0.1, -0.05) is 0 Å². The van der Waals surface area contributed by atoms with Gasteiger partial charge in [-0.15, -0.1) is 0 Å². The molecule has 1 saturated carbocycles. The average molecular weight is 350 g/mol. The Morgan fingerprint density at radius 2 is 1.52 bits per heavy atom. The average Bonchev–Trinajstić information content (AvgIpc) is 3.08. The second-order valence-electron chi connectivity index (χ2n) is 8.03. The van der Waals surface area contributed by atoms with Gasteiger partial charge in [0, 0.05) is 31.2 Å². The molecule has 25 heavy (non-hydrogen) atoms. The number of carbonyl (C=O) groups excluding carboxylic acids is 2. The summed E-state index contributed by atoms with van der Waals surface area (Å²) in [7, 11) is 0. The third kappa shape index (κ3) is 3.03. The van der Waals surface area contributed by atoms with Crippen molar-refractivity contribution in [2.75, 3.05) is 26.3 Å². The number of esters is 1. The molecule has 0 aromatic heterocycles. The number of hydrogen-bond acceptors (Lipinski definition) is 5. The van der Waals surface area contributed by atoms with E-state index in [1.165, 1.54) is 6.42 Å². The first-order chi connectivity index (χ1) is 12.1. The quantitative estimate of drug-likeness (QED) is 0.728. The van der Waals surface area contributed by atoms with Crippen LogP contribution in [-0.2, 0) is 14.3 Å². The van der Waals surface area contributed by atoms with Gasteiger partial charge >= 0.3 is 12.1 Å². The zero-order valence-corrected chi connectivity index (χ0v) is 15.4. The third-order valence-electron chi connectivity index (χ3n) is 6.73. The summed E-state index contributed by atoms with van der Waals surface area (Å²) >= 11 is 0. The molecule has 0 N–H and O–H groups in total. The minimum Gasteiger partial charge on any atom is -0.466 e. The maximum atomic E-state index is 12.3. The van der Waals surface area contributed by atoms with Crippen molar-refractivity contribution in [1.82, 2.24) is 9.80 Å². The molecule has 2 bridgehead atoms. The van der Waals surface area contributed by atoms with E-state index in [0.29, 0.717) is 43.2 Å². The van der Waals surface area contributed by atoms with Gasteiger partial charge in [0.2, 0.25) is 0 Å². The Balaban J connectivity index is 1.35. The Morgan fingerprint density at radius 3 is 2.08 bits per heavy atom. The first-order valence-electron chi connectivity index (χ1n) is 9.99. The third-order valence-corrected chi connectivity index (χ3v) is 6.73. The minimum atomic E-state index is -0.123. The standard InChI is InChI=1S/C19H30N2O4/c1-3-24-18(22)17-15-10-20(11-16(15)17)14-8-12-6-5-7-13(9-14)21(12)19(23)25-4-2/h12-17H,3-11H2,1-2H3. The van der Waals surface area contributed by atoms with E-state index in [1.807, 2.05) is 18.7 Å². The number of amides is 1. The topological polar surface area (TPSA) is 59.1 Å². The van der Waals surface area contributed by atoms with Crippen LogP contribution in [0.3, 0.4) is 0 Å². The molecule has 4 fully saturated rings. The van der Waals surface area contributed by atoms with E-state index < -0.39 is 0 Å². The number of fused-ring (bicyclic) bond motifs is 3. The predicted octanol–water partition coefficient (Wildman–Crippen LogP) is 2.27. The molecule has 3 saturated heterocycles. The highest BCUT2D eigenvalue weighted by Gasteiger charge is 2.61. The van der Waals surface area contributed by atoms with Crippen LogP contribution < -0.4 is 0 Å². The number of rotatable bonds is 4. The van der Waals surface area contributed by atoms with E-state index >= 15 is 0 Å². The molecule has 1 aliphatic carbocycles. The van der Waals surface area contributed by atoms with Crippen LogP contribution in [0.15, 0.2) is 0 Å². The molecule has 1 amide bonds. The highest BCUT2D eigenvalue weighted by atomic mass is 16.6. The van der Waals surface area contributed by atoms with Crippen LogP contribution in [0.4, 0.5) is 4.79 Å². The second kappa shape index (κ2) is 6.78. The molecule has 0 radical (unpaired) electrons. The van der Waals surface area contributed by atoms with E-state index in [2.05, 4.69) is 4.90 Å². The number of carbonyl (C=O) groups is 2. The fourth-order valence-electron chi connectivity index (χ4n) is 5.59. The molecular weight excluding hydrogens is 320 g/mol. The molecule has 4 atom stereocenters. The fraction of sp³-hybridized carbons (Fsp3) is 0.895. The first-order valence-corrected chi connectivity index (χ1v) is 9.99. The van der Waals surface area contributed by atoms with Gasteiger partial charge in [-0.2, -0.15) is 0 Å². The zero-order valence-electron chi connectivity index (χ0n) is 15.4. The second-order valence-corrected chi connectivity index (χ2v) is 8.03. The van der Waals surface area contributed by atoms with Gasteiger partial charge in [0.05, 0.1) is 19.1 Å². The van der Waals surface area contributed by atoms with Crippen molar-refractivity contribution >= 4 is 12.1 Å². The number of ether oxygens (including phenoxy) is 2. The maximum absolute atomic E-state index is 12.3. The summed E-state index contributed by atoms with van der Waals surface area (Å²) in [4.78, 5) is 28.9. The molecule has 4 unspecified atom stereocenters. The molecule has 0 aromatic rings. The van der Waals surface area contributed by atoms with E-state index in [9.17, 15) is 9.59 Å². The molecular formula is C19H30N2O4. The van der Waals surface area contributed by atoms with E-state index in [4.69, 9.17) is 9.47 Å². The number of piperidine rings is 3. The van der Waals surface area contributed by atoms with Gasteiger partial charge in [0.15, 0.2) is 0 Å². The maximum Gasteiger partial charge on any atom is 0.410 e. The summed E-state index contributed by atoms with van der Waals surface area (Å²) in [5.41, 5.74) is 0. The predicted molar refractivity (Wildman–Crippen MR) is 92.0 cm³/mol. The lowest BCUT2D eigenvalue weighted by Gasteiger charge is -2.50. The van der Waals surface area contributed by atoms with E-state index in [1.54, 1.807) is 0 Å². The summed E-state index contributed by atoms with van der Waals surface area (Å²) in [6, 6.07) is 1.21. The summed E-state index contributed by atoms with van der Waals surface area (Å²) in [5.74, 6) is 1.16. The van der Waals surface area contributed by atoms with Crippen LogP contribution in [0.2, 0.25) is 0 Å². The fourth-order valence-corrected chi connectivity index (χ4v) is 5.59. The van der Waals surface area contributed by atoms with Gasteiger partial charge in [-0.25, -0.2) is 4.79 Å². The number of hydrogen-bond donors (Lipinski definition) is 0. The summed E-state index contributed by atoms with van der Waals surface area (Å²) < 4.78 is 10.5. The first kappa shape index (κ1) is 17.1. The van der Waals surface area contributed by atoms with Crippen LogP contribution in [0.5, 0.6) is 0 Å². The van der Waals surface area contributed by atoms with Crippen LogP contribution in [0.1, 0.15) is 46.0 Å². The van der Waals surface area contributed by atoms with Gasteiger partial charge in [0.25, 0.3) is 0 Å². The number of likely N-dealkylation sites (tertiary alicyclic amines) is 1. The number of nitrogens with zero attached hydrogens (tertiary/aromatic N) is 2. The molecule has 3 aliphatic heterocycles. The van der Waals surface area contributed by atoms with Crippen molar-refractivity contribution in [2.24, 2.45) is 17.8 Å². The Labute approximate surface area is 149 Å². The Kier molecular flexibility index (Phi) is 4.65. The van der Waals surface area contributed by atoms with Crippen LogP contribution in [0.25, 0.3) is 0 Å². The molecule has 6 nitrogen and oxygen atoms in total. The summed E-state index contributed by atoms with van der Waals surface area (Å²) in [6.45, 7) is 6.72. The van der Waals surface area contributed by atoms with Gasteiger partial charge < -0.3 is 14.4 Å². The van der Waals surface area contributed by atoms with Crippen LogP contribution in [0, 0.1) is 17.8 Å². The van der Waals surface area contributed by atoms with Crippen molar-refractivity contribution < 1.29 is 19.1 Å². The largest absolute Gasteiger partial charge is 0.466 e. The zero-order chi connectivity index (χ0) is 17.6. The molecule has 4 rings (SSSR count). The molecule has 6 heteroatoms. The van der Waals surface area contributed by atoms with Crippen molar-refractivity contribution in [3.63, 3.8) is 0 Å². The Hall–Kier alpha value is -1.30. The van der Waals surface area contributed by atoms with Crippen LogP contribution in [-0.4, -0.2) is 66.3 Å². The lowest BCUT2D eigenvalue weighted by Crippen LogP contribution is -2.59. The van der Waals surface area contributed by atoms with E-state index in [0.717, 1.165) is 38.8 Å². The van der Waals surface area contributed by atoms with Crippen LogP contribution >= 0.6 is 0 Å². The summed E-state index contributed by atoms with van der Waals surface area (Å²) in [6.07, 6.45) is 5.39. The lowest BCUT2D eigenvalue weighted by atomic mass is 9.81. The highest BCUT2D eigenvalue weighted by molar-refractivity contribution is 5.77. The molecule has 4 aliphatic rings. The van der Waals surface area contributed by atoms with E-state index in [-0.39, 0.29) is 18.0 Å². The van der Waals surface area contributed by atoms with Crippen molar-refractivity contribution in [2.45, 2.75) is 64.1 Å². The SMILES string of the molecule is CCOC(=O)C1C2CN(C3CC4CCCC(C3)N4C(=O)OCC)CC21. The minimum absolute atomic E-state index is 0.00569. The molecule has 0 aromatic carbocycles. The van der Waals surface area contributed by atoms with Gasteiger partial charge in [0.1, 0.15) is 0 Å². The summed E-state index contributed by atoms with van der Waals surface area (Å²) in [5, 5.41) is 0. The Morgan fingerprint density at radius 1 is 0.920 bits per heavy atom. The monoisotopic (exact) mass is 350 g/mol. The van der Waals surface area contributed by atoms with Gasteiger partial charge in [-0.3, -0.25) is 9.69 Å². The van der Waals surface area contributed by atoms with Gasteiger partial charge in [-0.05, 0) is 57.8 Å². The lowest BCUT2D eigenvalue weighted by molar-refractivity contribution is -0.145. The van der Waals surface area contributed by atoms with Crippen molar-refractivity contribution in [1.29, 1.82) is 0 Å². The Bertz CT molecular complexity index is 514. The smallest absolute Gasteiger partial charge is 0.410 e. The molecule has 3 heterocycles.